The molecule has 6 nitrogen and oxygen atoms in total. The number of carboxylic acids is 1. The summed E-state index contributed by atoms with van der Waals surface area (Å²) in [6.07, 6.45) is -1.51. The maximum absolute atomic E-state index is 12.1. The van der Waals surface area contributed by atoms with Crippen LogP contribution in [-0.2, 0) is 20.8 Å². The van der Waals surface area contributed by atoms with E-state index in [1.165, 1.54) is 6.92 Å². The van der Waals surface area contributed by atoms with Crippen LogP contribution in [-0.4, -0.2) is 43.7 Å². The number of β-lactam (4-membered cyclic amide) rings is 1. The Morgan fingerprint density at radius 1 is 1.33 bits per heavy atom. The lowest BCUT2D eigenvalue weighted by molar-refractivity contribution is -0.181. The first-order chi connectivity index (χ1) is 9.91. The zero-order valence-corrected chi connectivity index (χ0v) is 12.1. The second-order valence-corrected chi connectivity index (χ2v) is 6.05. The predicted molar refractivity (Wildman–Crippen MR) is 76.2 cm³/mol. The number of hydrogen-bond donors (Lipinski definition) is 2. The number of amides is 1. The third kappa shape index (κ3) is 3.25. The van der Waals surface area contributed by atoms with Crippen LogP contribution in [0.3, 0.4) is 0 Å². The third-order valence-corrected chi connectivity index (χ3v) is 4.39. The summed E-state index contributed by atoms with van der Waals surface area (Å²) in [5, 5.41) is 17.5. The molecule has 0 bridgehead atoms. The van der Waals surface area contributed by atoms with E-state index in [0.717, 1.165) is 22.2 Å². The van der Waals surface area contributed by atoms with E-state index in [-0.39, 0.29) is 5.12 Å². The molecular weight excluding hydrogens is 294 g/mol. The largest absolute Gasteiger partial charge is 0.478 e. The Morgan fingerprint density at radius 2 is 1.95 bits per heavy atom. The number of carbonyl (C=O) groups is 3. The highest BCUT2D eigenvalue weighted by Crippen LogP contribution is 2.38. The highest BCUT2D eigenvalue weighted by molar-refractivity contribution is 8.14. The number of nitrogens with zero attached hydrogens (tertiary/aromatic N) is 1. The van der Waals surface area contributed by atoms with Crippen LogP contribution in [0, 0.1) is 5.92 Å². The van der Waals surface area contributed by atoms with Crippen molar-refractivity contribution in [3.8, 4) is 0 Å². The van der Waals surface area contributed by atoms with E-state index in [2.05, 4.69) is 0 Å². The van der Waals surface area contributed by atoms with Crippen LogP contribution < -0.4 is 0 Å². The molecule has 1 aliphatic rings. The predicted octanol–water partition coefficient (Wildman–Crippen LogP) is 0.696. The van der Waals surface area contributed by atoms with E-state index in [4.69, 9.17) is 5.11 Å². The van der Waals surface area contributed by atoms with Crippen LogP contribution >= 0.6 is 11.8 Å². The third-order valence-electron chi connectivity index (χ3n) is 3.26. The molecule has 1 aliphatic heterocycles. The van der Waals surface area contributed by atoms with E-state index >= 15 is 0 Å². The molecule has 7 heteroatoms. The highest BCUT2D eigenvalue weighted by atomic mass is 32.2. The van der Waals surface area contributed by atoms with Gasteiger partial charge in [-0.2, -0.15) is 0 Å². The normalized spacial score (nSPS) is 22.6. The van der Waals surface area contributed by atoms with Crippen molar-refractivity contribution < 1.29 is 24.6 Å². The fourth-order valence-corrected chi connectivity index (χ4v) is 3.34. The quantitative estimate of drug-likeness (QED) is 0.777. The fraction of sp³-hybridized carbons (Fsp3) is 0.357. The average molecular weight is 309 g/mol. The summed E-state index contributed by atoms with van der Waals surface area (Å²) in [5.41, 5.74) is 0.925. The monoisotopic (exact) mass is 309 g/mol. The van der Waals surface area contributed by atoms with Crippen molar-refractivity contribution in [2.45, 2.75) is 24.9 Å². The summed E-state index contributed by atoms with van der Waals surface area (Å²) >= 11 is 0.869. The van der Waals surface area contributed by atoms with Gasteiger partial charge in [0.15, 0.2) is 5.12 Å². The van der Waals surface area contributed by atoms with Gasteiger partial charge in [0.05, 0.1) is 5.92 Å². The van der Waals surface area contributed by atoms with Crippen molar-refractivity contribution in [1.29, 1.82) is 0 Å². The van der Waals surface area contributed by atoms with Gasteiger partial charge in [-0.05, 0) is 12.0 Å². The first-order valence-corrected chi connectivity index (χ1v) is 7.24. The maximum Gasteiger partial charge on any atom is 0.354 e. The molecule has 3 atom stereocenters. The van der Waals surface area contributed by atoms with Crippen molar-refractivity contribution in [3.63, 3.8) is 0 Å². The molecule has 112 valence electrons. The van der Waals surface area contributed by atoms with Gasteiger partial charge in [0.2, 0.25) is 12.1 Å². The molecule has 0 aliphatic carbocycles. The number of benzene rings is 1. The molecule has 0 aromatic heterocycles. The number of carboxylic acid groups (broad SMARTS) is 1. The van der Waals surface area contributed by atoms with Gasteiger partial charge in [0, 0.05) is 6.92 Å². The van der Waals surface area contributed by atoms with Gasteiger partial charge in [0.1, 0.15) is 5.37 Å². The number of carbonyl (C=O) groups excluding carboxylic acids is 2. The minimum atomic E-state index is -1.92. The zero-order valence-electron chi connectivity index (χ0n) is 11.3. The molecule has 1 fully saturated rings. The van der Waals surface area contributed by atoms with E-state index in [9.17, 15) is 19.5 Å². The number of aliphatic hydroxyl groups excluding tert-OH is 1. The summed E-state index contributed by atoms with van der Waals surface area (Å²) in [4.78, 5) is 35.1. The van der Waals surface area contributed by atoms with Crippen molar-refractivity contribution in [1.82, 2.24) is 4.90 Å². The summed E-state index contributed by atoms with van der Waals surface area (Å²) in [6.45, 7) is 1.35. The lowest BCUT2D eigenvalue weighted by Gasteiger charge is -2.47. The van der Waals surface area contributed by atoms with Gasteiger partial charge in [-0.1, -0.05) is 42.1 Å². The molecule has 2 rings (SSSR count). The van der Waals surface area contributed by atoms with Crippen molar-refractivity contribution in [2.24, 2.45) is 5.92 Å². The van der Waals surface area contributed by atoms with Crippen LogP contribution in [0.15, 0.2) is 30.3 Å². The van der Waals surface area contributed by atoms with Gasteiger partial charge >= 0.3 is 5.97 Å². The summed E-state index contributed by atoms with van der Waals surface area (Å²) < 4.78 is 0. The van der Waals surface area contributed by atoms with Gasteiger partial charge in [-0.25, -0.2) is 4.79 Å². The summed E-state index contributed by atoms with van der Waals surface area (Å²) in [6, 6.07) is 9.26. The average Bonchev–Trinajstić information content (AvgIpc) is 2.44. The number of thioether (sulfide) groups is 1. The van der Waals surface area contributed by atoms with Gasteiger partial charge in [-0.15, -0.1) is 0 Å². The van der Waals surface area contributed by atoms with E-state index in [0.29, 0.717) is 6.42 Å². The van der Waals surface area contributed by atoms with Gasteiger partial charge in [0.25, 0.3) is 0 Å². The molecule has 3 unspecified atom stereocenters. The Bertz CT molecular complexity index is 562. The molecule has 1 heterocycles. The van der Waals surface area contributed by atoms with Crippen molar-refractivity contribution in [3.05, 3.63) is 35.9 Å². The molecule has 1 saturated heterocycles. The van der Waals surface area contributed by atoms with Crippen molar-refractivity contribution >= 4 is 28.8 Å². The van der Waals surface area contributed by atoms with E-state index in [1.54, 1.807) is 0 Å². The molecule has 21 heavy (non-hydrogen) atoms. The lowest BCUT2D eigenvalue weighted by Crippen LogP contribution is -2.65. The maximum atomic E-state index is 12.1. The Morgan fingerprint density at radius 3 is 2.48 bits per heavy atom. The van der Waals surface area contributed by atoms with Crippen LogP contribution in [0.4, 0.5) is 0 Å². The van der Waals surface area contributed by atoms with E-state index in [1.807, 2.05) is 30.3 Å². The second-order valence-electron chi connectivity index (χ2n) is 4.75. The molecule has 0 saturated carbocycles. The zero-order chi connectivity index (χ0) is 15.6. The second kappa shape index (κ2) is 6.28. The van der Waals surface area contributed by atoms with Crippen molar-refractivity contribution in [2.75, 3.05) is 0 Å². The fourth-order valence-electron chi connectivity index (χ4n) is 2.29. The van der Waals surface area contributed by atoms with E-state index < -0.39 is 29.4 Å². The van der Waals surface area contributed by atoms with Gasteiger partial charge in [-0.3, -0.25) is 14.5 Å². The number of aliphatic hydroxyl groups is 1. The SMILES string of the molecule is CC(=O)SC1C(Cc2ccccc2)C(=O)N1C(O)C(=O)O. The Labute approximate surface area is 125 Å². The van der Waals surface area contributed by atoms with Crippen LogP contribution in [0.1, 0.15) is 12.5 Å². The van der Waals surface area contributed by atoms with Crippen LogP contribution in [0.25, 0.3) is 0 Å². The first-order valence-electron chi connectivity index (χ1n) is 6.36. The Hall–Kier alpha value is -1.86. The minimum Gasteiger partial charge on any atom is -0.478 e. The highest BCUT2D eigenvalue weighted by Gasteiger charge is 2.52. The molecule has 1 aromatic rings. The van der Waals surface area contributed by atoms with Crippen LogP contribution in [0.5, 0.6) is 0 Å². The summed E-state index contributed by atoms with van der Waals surface area (Å²) in [5.74, 6) is -2.46. The molecule has 1 aromatic carbocycles. The molecule has 1 amide bonds. The minimum absolute atomic E-state index is 0.229. The molecular formula is C14H15NO5S. The molecule has 0 spiro atoms. The number of likely N-dealkylation sites (tertiary alicyclic amines) is 1. The first kappa shape index (κ1) is 15.5. The Kier molecular flexibility index (Phi) is 4.64. The standard InChI is InChI=1S/C14H15NO5S/c1-8(16)21-13-10(7-9-5-3-2-4-6-9)11(17)15(13)12(18)14(19)20/h2-6,10,12-13,18H,7H2,1H3,(H,19,20). The molecule has 2 N–H and O–H groups in total. The van der Waals surface area contributed by atoms with Gasteiger partial charge < -0.3 is 10.2 Å². The summed E-state index contributed by atoms with van der Waals surface area (Å²) in [7, 11) is 0. The topological polar surface area (TPSA) is 94.9 Å². The van der Waals surface area contributed by atoms with Crippen LogP contribution in [0.2, 0.25) is 0 Å². The molecule has 0 radical (unpaired) electrons. The number of rotatable bonds is 5. The lowest BCUT2D eigenvalue weighted by atomic mass is 9.90. The smallest absolute Gasteiger partial charge is 0.354 e. The number of hydrogen-bond acceptors (Lipinski definition) is 5. The Balaban J connectivity index is 2.15. The number of aliphatic carboxylic acids is 1.